The highest BCUT2D eigenvalue weighted by molar-refractivity contribution is 7.18. The van der Waals surface area contributed by atoms with Gasteiger partial charge in [-0.05, 0) is 25.8 Å². The van der Waals surface area contributed by atoms with Crippen molar-refractivity contribution in [3.8, 4) is 0 Å². The van der Waals surface area contributed by atoms with Crippen molar-refractivity contribution in [2.75, 3.05) is 0 Å². The van der Waals surface area contributed by atoms with Gasteiger partial charge in [0, 0.05) is 11.4 Å². The predicted molar refractivity (Wildman–Crippen MR) is 68.3 cm³/mol. The maximum Gasteiger partial charge on any atom is 0.262 e. The first-order valence-electron chi connectivity index (χ1n) is 5.60. The molecular weight excluding hydrogens is 220 g/mol. The normalized spacial score (nSPS) is 11.2. The molecule has 0 fully saturated rings. The first-order chi connectivity index (χ1) is 7.65. The average molecular weight is 236 g/mol. The molecule has 3 nitrogen and oxygen atoms in total. The molecule has 0 spiro atoms. The minimum Gasteiger partial charge on any atom is -0.299 e. The molecular formula is C12H16N2OS. The van der Waals surface area contributed by atoms with Gasteiger partial charge >= 0.3 is 0 Å². The molecule has 2 heterocycles. The second-order valence-electron chi connectivity index (χ2n) is 4.06. The van der Waals surface area contributed by atoms with Crippen LogP contribution in [0.2, 0.25) is 0 Å². The molecule has 0 N–H and O–H groups in total. The zero-order valence-electron chi connectivity index (χ0n) is 9.91. The van der Waals surface area contributed by atoms with Crippen molar-refractivity contribution in [2.24, 2.45) is 0 Å². The smallest absolute Gasteiger partial charge is 0.262 e. The summed E-state index contributed by atoms with van der Waals surface area (Å²) >= 11 is 1.60. The van der Waals surface area contributed by atoms with Gasteiger partial charge in [-0.1, -0.05) is 13.3 Å². The third-order valence-electron chi connectivity index (χ3n) is 2.91. The Morgan fingerprint density at radius 3 is 2.88 bits per heavy atom. The lowest BCUT2D eigenvalue weighted by atomic mass is 10.2. The number of nitrogens with zero attached hydrogens (tertiary/aromatic N) is 2. The van der Waals surface area contributed by atoms with Crippen LogP contribution in [0.15, 0.2) is 11.1 Å². The zero-order valence-corrected chi connectivity index (χ0v) is 10.7. The Labute approximate surface area is 98.8 Å². The summed E-state index contributed by atoms with van der Waals surface area (Å²) in [6, 6.07) is 0. The third-order valence-corrected chi connectivity index (χ3v) is 4.02. The summed E-state index contributed by atoms with van der Waals surface area (Å²) in [6.45, 7) is 6.93. The van der Waals surface area contributed by atoms with Crippen LogP contribution >= 0.6 is 11.3 Å². The number of fused-ring (bicyclic) bond motifs is 1. The average Bonchev–Trinajstić information content (AvgIpc) is 2.55. The highest BCUT2D eigenvalue weighted by Crippen LogP contribution is 2.25. The Morgan fingerprint density at radius 2 is 2.19 bits per heavy atom. The van der Waals surface area contributed by atoms with Gasteiger partial charge in [0.1, 0.15) is 4.83 Å². The van der Waals surface area contributed by atoms with E-state index in [9.17, 15) is 4.79 Å². The van der Waals surface area contributed by atoms with Crippen LogP contribution in [0.4, 0.5) is 0 Å². The van der Waals surface area contributed by atoms with E-state index in [1.54, 1.807) is 22.2 Å². The molecule has 86 valence electrons. The molecule has 2 rings (SSSR count). The van der Waals surface area contributed by atoms with Gasteiger partial charge < -0.3 is 0 Å². The Bertz CT molecular complexity index is 568. The van der Waals surface area contributed by atoms with Crippen molar-refractivity contribution >= 4 is 21.6 Å². The molecule has 16 heavy (non-hydrogen) atoms. The lowest BCUT2D eigenvalue weighted by Crippen LogP contribution is -2.20. The number of rotatable bonds is 3. The van der Waals surface area contributed by atoms with E-state index in [1.165, 1.54) is 4.88 Å². The number of hydrogen-bond donors (Lipinski definition) is 0. The van der Waals surface area contributed by atoms with E-state index in [0.717, 1.165) is 35.2 Å². The van der Waals surface area contributed by atoms with Crippen LogP contribution in [0, 0.1) is 13.8 Å². The Hall–Kier alpha value is -1.16. The van der Waals surface area contributed by atoms with E-state index in [0.29, 0.717) is 0 Å². The summed E-state index contributed by atoms with van der Waals surface area (Å²) in [5, 5.41) is 0.807. The summed E-state index contributed by atoms with van der Waals surface area (Å²) in [7, 11) is 0. The largest absolute Gasteiger partial charge is 0.299 e. The van der Waals surface area contributed by atoms with E-state index in [2.05, 4.69) is 11.9 Å². The van der Waals surface area contributed by atoms with Crippen LogP contribution < -0.4 is 5.56 Å². The molecule has 0 aromatic carbocycles. The molecule has 0 aliphatic heterocycles. The Balaban J connectivity index is 2.59. The fourth-order valence-corrected chi connectivity index (χ4v) is 2.75. The first kappa shape index (κ1) is 11.3. The van der Waals surface area contributed by atoms with Gasteiger partial charge in [-0.2, -0.15) is 0 Å². The molecule has 0 aliphatic carbocycles. The zero-order chi connectivity index (χ0) is 11.7. The third kappa shape index (κ3) is 1.78. The second-order valence-corrected chi connectivity index (χ2v) is 5.26. The van der Waals surface area contributed by atoms with Crippen molar-refractivity contribution in [3.05, 3.63) is 27.1 Å². The SMILES string of the molecule is CCCCn1cnc2sc(C)c(C)c2c1=O. The molecule has 0 aliphatic rings. The summed E-state index contributed by atoms with van der Waals surface area (Å²) in [6.07, 6.45) is 3.79. The van der Waals surface area contributed by atoms with Crippen molar-refractivity contribution in [1.82, 2.24) is 9.55 Å². The molecule has 0 amide bonds. The highest BCUT2D eigenvalue weighted by atomic mass is 32.1. The minimum absolute atomic E-state index is 0.111. The Kier molecular flexibility index (Phi) is 3.10. The summed E-state index contributed by atoms with van der Waals surface area (Å²) < 4.78 is 1.73. The molecule has 0 saturated carbocycles. The predicted octanol–water partition coefficient (Wildman–Crippen LogP) is 2.87. The van der Waals surface area contributed by atoms with Crippen molar-refractivity contribution in [1.29, 1.82) is 0 Å². The quantitative estimate of drug-likeness (QED) is 0.821. The number of aryl methyl sites for hydroxylation is 3. The minimum atomic E-state index is 0.111. The van der Waals surface area contributed by atoms with Crippen LogP contribution in [0.1, 0.15) is 30.2 Å². The van der Waals surface area contributed by atoms with Crippen LogP contribution in [0.3, 0.4) is 0 Å². The van der Waals surface area contributed by atoms with Gasteiger partial charge in [-0.25, -0.2) is 4.98 Å². The van der Waals surface area contributed by atoms with Crippen LogP contribution in [0.5, 0.6) is 0 Å². The van der Waals surface area contributed by atoms with E-state index < -0.39 is 0 Å². The van der Waals surface area contributed by atoms with Gasteiger partial charge in [-0.15, -0.1) is 11.3 Å². The second kappa shape index (κ2) is 4.37. The number of aromatic nitrogens is 2. The molecule has 4 heteroatoms. The van der Waals surface area contributed by atoms with Gasteiger partial charge in [-0.3, -0.25) is 9.36 Å². The fraction of sp³-hybridized carbons (Fsp3) is 0.500. The molecule has 0 atom stereocenters. The maximum absolute atomic E-state index is 12.2. The summed E-state index contributed by atoms with van der Waals surface area (Å²) in [5.41, 5.74) is 1.20. The Morgan fingerprint density at radius 1 is 1.44 bits per heavy atom. The maximum atomic E-state index is 12.2. The molecule has 0 radical (unpaired) electrons. The molecule has 0 saturated heterocycles. The first-order valence-corrected chi connectivity index (χ1v) is 6.42. The van der Waals surface area contributed by atoms with E-state index in [-0.39, 0.29) is 5.56 Å². The molecule has 0 bridgehead atoms. The summed E-state index contributed by atoms with van der Waals surface area (Å²) in [4.78, 5) is 18.6. The van der Waals surface area contributed by atoms with Gasteiger partial charge in [0.05, 0.1) is 11.7 Å². The van der Waals surface area contributed by atoms with E-state index in [4.69, 9.17) is 0 Å². The summed E-state index contributed by atoms with van der Waals surface area (Å²) in [5.74, 6) is 0. The number of unbranched alkanes of at least 4 members (excludes halogenated alkanes) is 1. The number of hydrogen-bond acceptors (Lipinski definition) is 3. The van der Waals surface area contributed by atoms with Crippen LogP contribution in [0.25, 0.3) is 10.2 Å². The fourth-order valence-electron chi connectivity index (χ4n) is 1.76. The van der Waals surface area contributed by atoms with Crippen molar-refractivity contribution in [2.45, 2.75) is 40.2 Å². The topological polar surface area (TPSA) is 34.9 Å². The lowest BCUT2D eigenvalue weighted by Gasteiger charge is -2.03. The molecule has 2 aromatic heterocycles. The highest BCUT2D eigenvalue weighted by Gasteiger charge is 2.11. The number of thiophene rings is 1. The van der Waals surface area contributed by atoms with Crippen molar-refractivity contribution in [3.63, 3.8) is 0 Å². The standard InChI is InChI=1S/C12H16N2OS/c1-4-5-6-14-7-13-11-10(12(14)15)8(2)9(3)16-11/h7H,4-6H2,1-3H3. The van der Waals surface area contributed by atoms with Gasteiger partial charge in [0.15, 0.2) is 0 Å². The molecule has 2 aromatic rings. The van der Waals surface area contributed by atoms with Gasteiger partial charge in [0.2, 0.25) is 0 Å². The van der Waals surface area contributed by atoms with E-state index >= 15 is 0 Å². The van der Waals surface area contributed by atoms with Crippen LogP contribution in [-0.2, 0) is 6.54 Å². The van der Waals surface area contributed by atoms with Crippen LogP contribution in [-0.4, -0.2) is 9.55 Å². The van der Waals surface area contributed by atoms with Gasteiger partial charge in [0.25, 0.3) is 5.56 Å². The molecule has 0 unspecified atom stereocenters. The van der Waals surface area contributed by atoms with E-state index in [1.807, 2.05) is 13.8 Å². The van der Waals surface area contributed by atoms with Crippen molar-refractivity contribution < 1.29 is 0 Å². The monoisotopic (exact) mass is 236 g/mol. The lowest BCUT2D eigenvalue weighted by molar-refractivity contribution is 0.609.